The molecule has 2 N–H and O–H groups in total. The van der Waals surface area contributed by atoms with Crippen molar-refractivity contribution in [2.45, 2.75) is 18.1 Å². The Labute approximate surface area is 102 Å². The van der Waals surface area contributed by atoms with Crippen LogP contribution in [0, 0.1) is 15.9 Å². The van der Waals surface area contributed by atoms with E-state index in [0.717, 1.165) is 0 Å². The highest BCUT2D eigenvalue weighted by Crippen LogP contribution is 2.45. The largest absolute Gasteiger partial charge is 0.455 e. The molecule has 1 aromatic carbocycles. The van der Waals surface area contributed by atoms with E-state index in [9.17, 15) is 36.5 Å². The highest BCUT2D eigenvalue weighted by Gasteiger charge is 2.62. The Hall–Kier alpha value is -1.84. The second kappa shape index (κ2) is 4.68. The second-order valence-electron chi connectivity index (χ2n) is 3.56. The van der Waals surface area contributed by atoms with E-state index in [0.29, 0.717) is 12.1 Å². The molecule has 0 saturated heterocycles. The number of rotatable bonds is 3. The molecule has 0 aliphatic rings. The summed E-state index contributed by atoms with van der Waals surface area (Å²) in [6.07, 6.45) is -6.01. The van der Waals surface area contributed by atoms with Crippen LogP contribution in [0.3, 0.4) is 0 Å². The van der Waals surface area contributed by atoms with Gasteiger partial charge in [0.25, 0.3) is 5.69 Å². The lowest BCUT2D eigenvalue weighted by Crippen LogP contribution is -2.46. The van der Waals surface area contributed by atoms with Gasteiger partial charge >= 0.3 is 12.1 Å². The number of hydrogen-bond donors (Lipinski definition) is 1. The van der Waals surface area contributed by atoms with Crippen molar-refractivity contribution >= 4 is 5.69 Å². The first-order valence-corrected chi connectivity index (χ1v) is 4.62. The van der Waals surface area contributed by atoms with Crippen LogP contribution >= 0.6 is 0 Å². The molecule has 0 amide bonds. The van der Waals surface area contributed by atoms with Crippen molar-refractivity contribution in [3.63, 3.8) is 0 Å². The van der Waals surface area contributed by atoms with Gasteiger partial charge in [0.2, 0.25) is 0 Å². The summed E-state index contributed by atoms with van der Waals surface area (Å²) in [5.41, 5.74) is 2.38. The predicted molar refractivity (Wildman–Crippen MR) is 51.0 cm³/mol. The molecule has 0 radical (unpaired) electrons. The molecule has 10 heteroatoms. The molecule has 1 atom stereocenters. The van der Waals surface area contributed by atoms with Crippen LogP contribution in [0.1, 0.15) is 11.6 Å². The Balaban J connectivity index is 3.37. The van der Waals surface area contributed by atoms with E-state index in [-0.39, 0.29) is 6.07 Å². The molecule has 0 heterocycles. The van der Waals surface area contributed by atoms with Crippen LogP contribution in [-0.2, 0) is 0 Å². The fourth-order valence-corrected chi connectivity index (χ4v) is 1.31. The predicted octanol–water partition coefficient (Wildman–Crippen LogP) is 2.93. The van der Waals surface area contributed by atoms with E-state index >= 15 is 0 Å². The number of nitrogens with two attached hydrogens (primary N) is 1. The molecule has 0 fully saturated rings. The van der Waals surface area contributed by atoms with Gasteiger partial charge in [0, 0.05) is 6.07 Å². The molecule has 1 aromatic rings. The Morgan fingerprint density at radius 3 is 2.16 bits per heavy atom. The van der Waals surface area contributed by atoms with E-state index in [1.54, 1.807) is 0 Å². The minimum atomic E-state index is -6.01. The second-order valence-corrected chi connectivity index (χ2v) is 3.56. The standard InChI is InChI=1S/C9H6F6N2O2/c10-4-1-2-6(17(18)19)5(3-4)7(16)8(11,12)9(13,14)15/h1-3,7H,16H2/t7-/m0/s1. The van der Waals surface area contributed by atoms with Crippen LogP contribution < -0.4 is 5.73 Å². The molecule has 106 valence electrons. The topological polar surface area (TPSA) is 69.2 Å². The lowest BCUT2D eigenvalue weighted by molar-refractivity contribution is -0.386. The molecule has 0 bridgehead atoms. The van der Waals surface area contributed by atoms with Crippen LogP contribution in [0.15, 0.2) is 18.2 Å². The monoisotopic (exact) mass is 288 g/mol. The third-order valence-corrected chi connectivity index (χ3v) is 2.29. The molecular formula is C9H6F6N2O2. The van der Waals surface area contributed by atoms with Crippen LogP contribution in [0.5, 0.6) is 0 Å². The van der Waals surface area contributed by atoms with Gasteiger partial charge in [0.15, 0.2) is 0 Å². The van der Waals surface area contributed by atoms with Gasteiger partial charge in [-0.1, -0.05) is 0 Å². The average molecular weight is 288 g/mol. The highest BCUT2D eigenvalue weighted by molar-refractivity contribution is 5.43. The Morgan fingerprint density at radius 1 is 1.21 bits per heavy atom. The third-order valence-electron chi connectivity index (χ3n) is 2.29. The quantitative estimate of drug-likeness (QED) is 0.528. The highest BCUT2D eigenvalue weighted by atomic mass is 19.4. The fourth-order valence-electron chi connectivity index (χ4n) is 1.31. The summed E-state index contributed by atoms with van der Waals surface area (Å²) in [5.74, 6) is -6.64. The van der Waals surface area contributed by atoms with Crippen molar-refractivity contribution in [2.75, 3.05) is 0 Å². The number of nitrogens with zero attached hydrogens (tertiary/aromatic N) is 1. The molecule has 0 aliphatic heterocycles. The Bertz CT molecular complexity index is 502. The smallest absolute Gasteiger partial charge is 0.318 e. The third kappa shape index (κ3) is 2.78. The van der Waals surface area contributed by atoms with Gasteiger partial charge in [-0.3, -0.25) is 10.1 Å². The molecule has 0 aliphatic carbocycles. The van der Waals surface area contributed by atoms with Crippen molar-refractivity contribution in [1.82, 2.24) is 0 Å². The average Bonchev–Trinajstić information content (AvgIpc) is 2.25. The molecule has 0 saturated carbocycles. The maximum Gasteiger partial charge on any atom is 0.455 e. The van der Waals surface area contributed by atoms with Crippen molar-refractivity contribution in [1.29, 1.82) is 0 Å². The first-order chi connectivity index (χ1) is 8.48. The number of nitro groups is 1. The van der Waals surface area contributed by atoms with E-state index in [1.807, 2.05) is 0 Å². The first-order valence-electron chi connectivity index (χ1n) is 4.62. The zero-order valence-electron chi connectivity index (χ0n) is 8.92. The number of alkyl halides is 5. The van der Waals surface area contributed by atoms with Crippen molar-refractivity contribution < 1.29 is 31.3 Å². The lowest BCUT2D eigenvalue weighted by atomic mass is 9.99. The van der Waals surface area contributed by atoms with Crippen LogP contribution in [0.25, 0.3) is 0 Å². The minimum Gasteiger partial charge on any atom is -0.318 e. The van der Waals surface area contributed by atoms with Crippen LogP contribution in [0.2, 0.25) is 0 Å². The minimum absolute atomic E-state index is 0.183. The van der Waals surface area contributed by atoms with E-state index < -0.39 is 40.1 Å². The zero-order valence-corrected chi connectivity index (χ0v) is 8.92. The molecular weight excluding hydrogens is 282 g/mol. The van der Waals surface area contributed by atoms with Crippen LogP contribution in [0.4, 0.5) is 32.0 Å². The molecule has 0 spiro atoms. The van der Waals surface area contributed by atoms with Gasteiger partial charge in [-0.25, -0.2) is 4.39 Å². The lowest BCUT2D eigenvalue weighted by Gasteiger charge is -2.25. The summed E-state index contributed by atoms with van der Waals surface area (Å²) in [5, 5.41) is 10.5. The maximum absolute atomic E-state index is 13.0. The normalized spacial score (nSPS) is 14.3. The van der Waals surface area contributed by atoms with Crippen molar-refractivity contribution in [2.24, 2.45) is 5.73 Å². The van der Waals surface area contributed by atoms with E-state index in [2.05, 4.69) is 0 Å². The summed E-state index contributed by atoms with van der Waals surface area (Å²) in [6, 6.07) is -1.87. The van der Waals surface area contributed by atoms with Gasteiger partial charge in [-0.05, 0) is 12.1 Å². The van der Waals surface area contributed by atoms with Gasteiger partial charge in [-0.2, -0.15) is 22.0 Å². The van der Waals surface area contributed by atoms with Gasteiger partial charge in [0.1, 0.15) is 11.9 Å². The Morgan fingerprint density at radius 2 is 1.74 bits per heavy atom. The van der Waals surface area contributed by atoms with E-state index in [1.165, 1.54) is 0 Å². The van der Waals surface area contributed by atoms with Crippen LogP contribution in [-0.4, -0.2) is 17.0 Å². The SMILES string of the molecule is N[C@@H](c1cc(F)ccc1[N+](=O)[O-])C(F)(F)C(F)(F)F. The number of halogens is 6. The van der Waals surface area contributed by atoms with Gasteiger partial charge in [-0.15, -0.1) is 0 Å². The van der Waals surface area contributed by atoms with Crippen molar-refractivity contribution in [3.8, 4) is 0 Å². The maximum atomic E-state index is 13.0. The Kier molecular flexibility index (Phi) is 3.75. The summed E-state index contributed by atoms with van der Waals surface area (Å²) < 4.78 is 75.2. The van der Waals surface area contributed by atoms with Gasteiger partial charge < -0.3 is 5.73 Å². The van der Waals surface area contributed by atoms with Gasteiger partial charge in [0.05, 0.1) is 10.5 Å². The summed E-state index contributed by atoms with van der Waals surface area (Å²) in [4.78, 5) is 9.29. The van der Waals surface area contributed by atoms with Crippen molar-refractivity contribution in [3.05, 3.63) is 39.7 Å². The number of benzene rings is 1. The molecule has 19 heavy (non-hydrogen) atoms. The summed E-state index contributed by atoms with van der Waals surface area (Å²) in [6.45, 7) is 0. The number of hydrogen-bond acceptors (Lipinski definition) is 3. The fraction of sp³-hybridized carbons (Fsp3) is 0.333. The van der Waals surface area contributed by atoms with E-state index in [4.69, 9.17) is 5.73 Å². The molecule has 4 nitrogen and oxygen atoms in total. The molecule has 0 unspecified atom stereocenters. The molecule has 0 aromatic heterocycles. The summed E-state index contributed by atoms with van der Waals surface area (Å²) in [7, 11) is 0. The first kappa shape index (κ1) is 15.2. The summed E-state index contributed by atoms with van der Waals surface area (Å²) >= 11 is 0. The number of nitro benzene ring substituents is 1. The zero-order chi connectivity index (χ0) is 15.0. The molecule has 1 rings (SSSR count).